The monoisotopic (exact) mass is 385 g/mol. The van der Waals surface area contributed by atoms with Gasteiger partial charge in [0.25, 0.3) is 5.91 Å². The van der Waals surface area contributed by atoms with E-state index in [-0.39, 0.29) is 16.5 Å². The lowest BCUT2D eigenvalue weighted by Crippen LogP contribution is -2.48. The number of carboxylic acid groups (broad SMARTS) is 1. The molecule has 1 fully saturated rings. The van der Waals surface area contributed by atoms with E-state index >= 15 is 0 Å². The van der Waals surface area contributed by atoms with Crippen LogP contribution in [0.5, 0.6) is 11.5 Å². The molecule has 8 heteroatoms. The first kappa shape index (κ1) is 20.3. The van der Waals surface area contributed by atoms with Gasteiger partial charge in [0.05, 0.1) is 25.3 Å². The van der Waals surface area contributed by atoms with Crippen molar-refractivity contribution in [3.05, 3.63) is 22.7 Å². The van der Waals surface area contributed by atoms with Crippen LogP contribution in [-0.2, 0) is 9.53 Å². The number of ether oxygens (including phenoxy) is 3. The van der Waals surface area contributed by atoms with E-state index in [4.69, 9.17) is 25.8 Å². The van der Waals surface area contributed by atoms with Crippen LogP contribution >= 0.6 is 11.6 Å². The summed E-state index contributed by atoms with van der Waals surface area (Å²) in [5, 5.41) is 12.3. The van der Waals surface area contributed by atoms with E-state index in [1.165, 1.54) is 19.2 Å². The first-order valence-electron chi connectivity index (χ1n) is 8.59. The number of hydrogen-bond acceptors (Lipinski definition) is 5. The van der Waals surface area contributed by atoms with Crippen molar-refractivity contribution in [1.29, 1.82) is 0 Å². The molecule has 2 N–H and O–H groups in total. The van der Waals surface area contributed by atoms with E-state index in [2.05, 4.69) is 5.32 Å². The summed E-state index contributed by atoms with van der Waals surface area (Å²) in [6.07, 6.45) is 2.25. The molecule has 1 aromatic carbocycles. The van der Waals surface area contributed by atoms with E-state index in [1.54, 1.807) is 0 Å². The van der Waals surface area contributed by atoms with E-state index in [0.29, 0.717) is 37.7 Å². The van der Waals surface area contributed by atoms with Gasteiger partial charge in [-0.15, -0.1) is 0 Å². The molecule has 1 saturated heterocycles. The lowest BCUT2D eigenvalue weighted by Gasteiger charge is -2.28. The van der Waals surface area contributed by atoms with Crippen molar-refractivity contribution in [3.8, 4) is 11.5 Å². The summed E-state index contributed by atoms with van der Waals surface area (Å²) in [4.78, 5) is 24.2. The van der Waals surface area contributed by atoms with Crippen LogP contribution in [0.15, 0.2) is 12.1 Å². The predicted octanol–water partition coefficient (Wildman–Crippen LogP) is 2.75. The van der Waals surface area contributed by atoms with Crippen molar-refractivity contribution >= 4 is 23.5 Å². The quantitative estimate of drug-likeness (QED) is 0.714. The molecule has 2 unspecified atom stereocenters. The summed E-state index contributed by atoms with van der Waals surface area (Å²) in [5.74, 6) is -1.21. The maximum atomic E-state index is 12.6. The first-order valence-corrected chi connectivity index (χ1v) is 8.97. The maximum absolute atomic E-state index is 12.6. The molecule has 0 spiro atoms. The Labute approximate surface area is 157 Å². The lowest BCUT2D eigenvalue weighted by molar-refractivity contribution is -0.142. The number of carbonyl (C=O) groups excluding carboxylic acids is 1. The normalized spacial score (nSPS) is 18.0. The molecule has 2 rings (SSSR count). The van der Waals surface area contributed by atoms with Gasteiger partial charge in [-0.2, -0.15) is 0 Å². The molecule has 1 heterocycles. The molecule has 0 saturated carbocycles. The van der Waals surface area contributed by atoms with Crippen LogP contribution in [-0.4, -0.2) is 50.0 Å². The van der Waals surface area contributed by atoms with Crippen molar-refractivity contribution in [2.45, 2.75) is 32.2 Å². The number of hydrogen-bond donors (Lipinski definition) is 2. The molecule has 1 aliphatic heterocycles. The van der Waals surface area contributed by atoms with Gasteiger partial charge in [-0.25, -0.2) is 4.79 Å². The fraction of sp³-hybridized carbons (Fsp3) is 0.556. The average molecular weight is 386 g/mol. The van der Waals surface area contributed by atoms with Crippen LogP contribution in [0.1, 0.15) is 36.5 Å². The summed E-state index contributed by atoms with van der Waals surface area (Å²) in [6, 6.07) is 1.91. The Morgan fingerprint density at radius 3 is 2.81 bits per heavy atom. The zero-order valence-electron chi connectivity index (χ0n) is 14.9. The summed E-state index contributed by atoms with van der Waals surface area (Å²) >= 11 is 6.22. The van der Waals surface area contributed by atoms with Crippen molar-refractivity contribution in [1.82, 2.24) is 5.32 Å². The highest BCUT2D eigenvalue weighted by Crippen LogP contribution is 2.36. The van der Waals surface area contributed by atoms with Gasteiger partial charge in [0.15, 0.2) is 11.5 Å². The van der Waals surface area contributed by atoms with E-state index < -0.39 is 17.9 Å². The van der Waals surface area contributed by atoms with E-state index in [0.717, 1.165) is 12.8 Å². The summed E-state index contributed by atoms with van der Waals surface area (Å²) in [7, 11) is 1.45. The van der Waals surface area contributed by atoms with Crippen LogP contribution in [0.2, 0.25) is 5.02 Å². The molecule has 1 aromatic rings. The second-order valence-corrected chi connectivity index (χ2v) is 6.51. The molecule has 0 aliphatic carbocycles. The third kappa shape index (κ3) is 5.02. The highest BCUT2D eigenvalue weighted by Gasteiger charge is 2.32. The minimum Gasteiger partial charge on any atom is -0.493 e. The number of amides is 1. The number of nitrogens with one attached hydrogen (secondary N) is 1. The molecule has 1 aliphatic rings. The zero-order chi connectivity index (χ0) is 19.1. The Hall–Kier alpha value is -1.99. The largest absolute Gasteiger partial charge is 0.493 e. The summed E-state index contributed by atoms with van der Waals surface area (Å²) in [5.41, 5.74) is 0.207. The fourth-order valence-electron chi connectivity index (χ4n) is 2.83. The minimum absolute atomic E-state index is 0.207. The predicted molar refractivity (Wildman–Crippen MR) is 96.2 cm³/mol. The van der Waals surface area contributed by atoms with Crippen molar-refractivity contribution in [2.24, 2.45) is 5.92 Å². The fourth-order valence-corrected chi connectivity index (χ4v) is 3.09. The number of carboxylic acids is 1. The van der Waals surface area contributed by atoms with Crippen molar-refractivity contribution < 1.29 is 28.9 Å². The van der Waals surface area contributed by atoms with Gasteiger partial charge >= 0.3 is 5.97 Å². The van der Waals surface area contributed by atoms with E-state index in [9.17, 15) is 14.7 Å². The van der Waals surface area contributed by atoms with Gasteiger partial charge in [-0.3, -0.25) is 4.79 Å². The Kier molecular flexibility index (Phi) is 7.53. The van der Waals surface area contributed by atoms with Crippen LogP contribution in [0, 0.1) is 5.92 Å². The molecule has 0 bridgehead atoms. The van der Waals surface area contributed by atoms with Gasteiger partial charge in [0.2, 0.25) is 0 Å². The zero-order valence-corrected chi connectivity index (χ0v) is 15.7. The molecular weight excluding hydrogens is 362 g/mol. The molecule has 0 aromatic heterocycles. The third-order valence-corrected chi connectivity index (χ3v) is 4.44. The SMILES string of the molecule is CCCOc1c(Cl)cc(C(=O)NC(C(=O)O)C2CCCOC2)cc1OC. The van der Waals surface area contributed by atoms with Crippen LogP contribution < -0.4 is 14.8 Å². The van der Waals surface area contributed by atoms with Gasteiger partial charge in [0.1, 0.15) is 6.04 Å². The molecule has 1 amide bonds. The molecular formula is C18H24ClNO6. The number of rotatable bonds is 8. The van der Waals surface area contributed by atoms with Crippen LogP contribution in [0.3, 0.4) is 0 Å². The van der Waals surface area contributed by atoms with Gasteiger partial charge in [-0.1, -0.05) is 18.5 Å². The second-order valence-electron chi connectivity index (χ2n) is 6.10. The molecule has 7 nitrogen and oxygen atoms in total. The first-order chi connectivity index (χ1) is 12.5. The van der Waals surface area contributed by atoms with Gasteiger partial charge in [0, 0.05) is 18.1 Å². The summed E-state index contributed by atoms with van der Waals surface area (Å²) < 4.78 is 16.2. The smallest absolute Gasteiger partial charge is 0.326 e. The number of aliphatic carboxylic acids is 1. The third-order valence-electron chi connectivity index (χ3n) is 4.16. The Morgan fingerprint density at radius 2 is 2.23 bits per heavy atom. The standard InChI is InChI=1S/C18H24ClNO6/c1-3-6-26-16-13(19)8-12(9-14(16)24-2)17(21)20-15(18(22)23)11-5-4-7-25-10-11/h8-9,11,15H,3-7,10H2,1-2H3,(H,20,21)(H,22,23). The highest BCUT2D eigenvalue weighted by atomic mass is 35.5. The molecule has 2 atom stereocenters. The number of benzene rings is 1. The van der Waals surface area contributed by atoms with Crippen LogP contribution in [0.4, 0.5) is 0 Å². The number of methoxy groups -OCH3 is 1. The maximum Gasteiger partial charge on any atom is 0.326 e. The Morgan fingerprint density at radius 1 is 1.46 bits per heavy atom. The van der Waals surface area contributed by atoms with Gasteiger partial charge in [-0.05, 0) is 31.4 Å². The number of halogens is 1. The van der Waals surface area contributed by atoms with Crippen LogP contribution in [0.25, 0.3) is 0 Å². The minimum atomic E-state index is -1.09. The van der Waals surface area contributed by atoms with E-state index in [1.807, 2.05) is 6.92 Å². The van der Waals surface area contributed by atoms with Gasteiger partial charge < -0.3 is 24.6 Å². The summed E-state index contributed by atoms with van der Waals surface area (Å²) in [6.45, 7) is 3.35. The van der Waals surface area contributed by atoms with Crippen molar-refractivity contribution in [3.63, 3.8) is 0 Å². The molecule has 26 heavy (non-hydrogen) atoms. The average Bonchev–Trinajstić information content (AvgIpc) is 2.64. The molecule has 144 valence electrons. The number of carbonyl (C=O) groups is 2. The molecule has 0 radical (unpaired) electrons. The second kappa shape index (κ2) is 9.64. The van der Waals surface area contributed by atoms with Crippen molar-refractivity contribution in [2.75, 3.05) is 26.9 Å². The highest BCUT2D eigenvalue weighted by molar-refractivity contribution is 6.32. The Bertz CT molecular complexity index is 645. The topological polar surface area (TPSA) is 94.1 Å². The lowest BCUT2D eigenvalue weighted by atomic mass is 9.93. The Balaban J connectivity index is 2.19.